The number of carbonyl (C=O) groups excluding carboxylic acids is 3. The zero-order chi connectivity index (χ0) is 15.9. The topological polar surface area (TPSA) is 70.6 Å². The van der Waals surface area contributed by atoms with Gasteiger partial charge in [-0.05, 0) is 18.6 Å². The monoisotopic (exact) mass is 299 g/mol. The van der Waals surface area contributed by atoms with Gasteiger partial charge in [-0.3, -0.25) is 24.4 Å². The minimum atomic E-state index is -0.632. The summed E-state index contributed by atoms with van der Waals surface area (Å²) in [4.78, 5) is 39.0. The van der Waals surface area contributed by atoms with E-state index in [0.29, 0.717) is 25.9 Å². The van der Waals surface area contributed by atoms with Gasteiger partial charge in [-0.2, -0.15) is 0 Å². The first kappa shape index (κ1) is 15.7. The van der Waals surface area contributed by atoms with Gasteiger partial charge in [0, 0.05) is 50.8 Å². The molecule has 1 aliphatic heterocycles. The summed E-state index contributed by atoms with van der Waals surface area (Å²) in [5, 5.41) is 2.59. The first-order chi connectivity index (χ1) is 10.6. The molecule has 1 fully saturated rings. The molecule has 6 nitrogen and oxygen atoms in total. The Bertz CT molecular complexity index is 631. The Kier molecular flexibility index (Phi) is 5.26. The maximum Gasteiger partial charge on any atom is 0.308 e. The third kappa shape index (κ3) is 3.92. The normalized spacial score (nSPS) is 13.5. The Morgan fingerprint density at radius 1 is 1.27 bits per heavy atom. The van der Waals surface area contributed by atoms with Crippen molar-refractivity contribution in [3.8, 4) is 11.8 Å². The molecule has 2 heterocycles. The number of aromatic nitrogens is 1. The second kappa shape index (κ2) is 7.36. The summed E-state index contributed by atoms with van der Waals surface area (Å²) in [5.41, 5.74) is 0.796. The number of amides is 2. The van der Waals surface area contributed by atoms with Crippen LogP contribution in [0, 0.1) is 11.8 Å². The minimum absolute atomic E-state index is 0.187. The van der Waals surface area contributed by atoms with Gasteiger partial charge in [0.05, 0.1) is 0 Å². The number of rotatable bonds is 3. The van der Waals surface area contributed by atoms with Gasteiger partial charge >= 0.3 is 5.91 Å². The lowest BCUT2D eigenvalue weighted by Crippen LogP contribution is -2.46. The molecule has 1 aromatic rings. The van der Waals surface area contributed by atoms with Gasteiger partial charge in [0.1, 0.15) is 0 Å². The van der Waals surface area contributed by atoms with E-state index in [1.807, 2.05) is 6.07 Å². The number of hydrogen-bond donors (Lipinski definition) is 0. The molecule has 2 rings (SSSR count). The molecule has 2 amide bonds. The van der Waals surface area contributed by atoms with E-state index in [1.54, 1.807) is 18.5 Å². The average molecular weight is 299 g/mol. The first-order valence-corrected chi connectivity index (χ1v) is 7.11. The van der Waals surface area contributed by atoms with Crippen LogP contribution in [0.4, 0.5) is 0 Å². The van der Waals surface area contributed by atoms with Gasteiger partial charge in [-0.1, -0.05) is 11.8 Å². The van der Waals surface area contributed by atoms with Crippen LogP contribution >= 0.6 is 0 Å². The molecule has 0 aromatic carbocycles. The summed E-state index contributed by atoms with van der Waals surface area (Å²) >= 11 is 0. The van der Waals surface area contributed by atoms with Crippen LogP contribution in [0.2, 0.25) is 0 Å². The highest BCUT2D eigenvalue weighted by Gasteiger charge is 2.31. The van der Waals surface area contributed by atoms with E-state index in [1.165, 1.54) is 16.9 Å². The third-order valence-corrected chi connectivity index (χ3v) is 3.21. The highest BCUT2D eigenvalue weighted by atomic mass is 16.2. The molecule has 0 saturated carbocycles. The molecule has 1 aliphatic rings. The van der Waals surface area contributed by atoms with Crippen LogP contribution in [0.25, 0.3) is 0 Å². The number of nitrogens with zero attached hydrogens (tertiary/aromatic N) is 3. The lowest BCUT2D eigenvalue weighted by Gasteiger charge is -2.26. The van der Waals surface area contributed by atoms with Crippen molar-refractivity contribution < 1.29 is 14.4 Å². The highest BCUT2D eigenvalue weighted by molar-refractivity contribution is 6.35. The van der Waals surface area contributed by atoms with Crippen molar-refractivity contribution in [1.82, 2.24) is 15.0 Å². The van der Waals surface area contributed by atoms with E-state index in [9.17, 15) is 14.4 Å². The lowest BCUT2D eigenvalue weighted by atomic mass is 10.2. The van der Waals surface area contributed by atoms with Crippen LogP contribution in [-0.4, -0.2) is 45.7 Å². The van der Waals surface area contributed by atoms with E-state index in [0.717, 1.165) is 5.56 Å². The number of Topliss-reactive ketones (excluding diaryl/α,β-unsaturated/α-hetero) is 1. The maximum absolute atomic E-state index is 12.1. The minimum Gasteiger partial charge on any atom is -0.289 e. The molecule has 0 atom stereocenters. The summed E-state index contributed by atoms with van der Waals surface area (Å²) in [5.74, 6) is 4.46. The van der Waals surface area contributed by atoms with Gasteiger partial charge in [-0.25, -0.2) is 5.01 Å². The van der Waals surface area contributed by atoms with Crippen molar-refractivity contribution in [2.75, 3.05) is 13.1 Å². The number of hydrazine groups is 1. The highest BCUT2D eigenvalue weighted by Crippen LogP contribution is 2.13. The summed E-state index contributed by atoms with van der Waals surface area (Å²) in [7, 11) is 0. The van der Waals surface area contributed by atoms with Crippen LogP contribution < -0.4 is 0 Å². The molecule has 1 aromatic heterocycles. The fraction of sp³-hybridized carbons (Fsp3) is 0.375. The van der Waals surface area contributed by atoms with Crippen LogP contribution in [-0.2, 0) is 14.4 Å². The maximum atomic E-state index is 12.1. The van der Waals surface area contributed by atoms with Crippen molar-refractivity contribution in [3.63, 3.8) is 0 Å². The van der Waals surface area contributed by atoms with Crippen molar-refractivity contribution in [2.24, 2.45) is 0 Å². The predicted molar refractivity (Wildman–Crippen MR) is 79.1 cm³/mol. The molecular weight excluding hydrogens is 282 g/mol. The number of carbonyl (C=O) groups is 3. The van der Waals surface area contributed by atoms with Crippen LogP contribution in [0.15, 0.2) is 24.5 Å². The van der Waals surface area contributed by atoms with E-state index in [-0.39, 0.29) is 12.3 Å². The molecule has 0 spiro atoms. The van der Waals surface area contributed by atoms with Crippen molar-refractivity contribution in [2.45, 2.75) is 26.2 Å². The van der Waals surface area contributed by atoms with Crippen molar-refractivity contribution >= 4 is 17.6 Å². The smallest absolute Gasteiger partial charge is 0.289 e. The molecule has 0 bridgehead atoms. The van der Waals surface area contributed by atoms with E-state index < -0.39 is 11.7 Å². The summed E-state index contributed by atoms with van der Waals surface area (Å²) < 4.78 is 0. The summed E-state index contributed by atoms with van der Waals surface area (Å²) in [6.07, 6.45) is 4.62. The Balaban J connectivity index is 1.88. The van der Waals surface area contributed by atoms with Gasteiger partial charge in [-0.15, -0.1) is 0 Å². The zero-order valence-electron chi connectivity index (χ0n) is 12.4. The standard InChI is InChI=1S/C16H17N3O3/c1-13(20)16(22)19-11-5-10-18(19)15(21)8-3-2-6-14-7-4-9-17-12-14/h4,7,9,12H,3,5,8,10-11H2,1H3. The second-order valence-electron chi connectivity index (χ2n) is 4.90. The van der Waals surface area contributed by atoms with Crippen molar-refractivity contribution in [1.29, 1.82) is 0 Å². The Labute approximate surface area is 129 Å². The first-order valence-electron chi connectivity index (χ1n) is 7.11. The van der Waals surface area contributed by atoms with E-state index >= 15 is 0 Å². The second-order valence-corrected chi connectivity index (χ2v) is 4.90. The van der Waals surface area contributed by atoms with E-state index in [2.05, 4.69) is 16.8 Å². The van der Waals surface area contributed by atoms with Gasteiger partial charge in [0.25, 0.3) is 0 Å². The Morgan fingerprint density at radius 2 is 2.05 bits per heavy atom. The van der Waals surface area contributed by atoms with E-state index in [4.69, 9.17) is 0 Å². The summed E-state index contributed by atoms with van der Waals surface area (Å²) in [6.45, 7) is 2.09. The molecular formula is C16H17N3O3. The molecule has 0 aliphatic carbocycles. The van der Waals surface area contributed by atoms with Crippen LogP contribution in [0.1, 0.15) is 31.7 Å². The predicted octanol–water partition coefficient (Wildman–Crippen LogP) is 0.778. The van der Waals surface area contributed by atoms with Gasteiger partial charge in [0.2, 0.25) is 11.7 Å². The fourth-order valence-corrected chi connectivity index (χ4v) is 2.16. The van der Waals surface area contributed by atoms with Crippen LogP contribution in [0.3, 0.4) is 0 Å². The number of hydrogen-bond acceptors (Lipinski definition) is 4. The zero-order valence-corrected chi connectivity index (χ0v) is 12.4. The van der Waals surface area contributed by atoms with Gasteiger partial charge < -0.3 is 0 Å². The molecule has 1 saturated heterocycles. The summed E-state index contributed by atoms with van der Waals surface area (Å²) in [6, 6.07) is 3.64. The quantitative estimate of drug-likeness (QED) is 0.611. The molecule has 0 unspecified atom stereocenters. The SMILES string of the molecule is CC(=O)C(=O)N1CCCN1C(=O)CCC#Cc1cccnc1. The van der Waals surface area contributed by atoms with Crippen molar-refractivity contribution in [3.05, 3.63) is 30.1 Å². The molecule has 0 N–H and O–H groups in total. The average Bonchev–Trinajstić information content (AvgIpc) is 3.01. The largest absolute Gasteiger partial charge is 0.308 e. The molecule has 0 radical (unpaired) electrons. The fourth-order valence-electron chi connectivity index (χ4n) is 2.16. The Hall–Kier alpha value is -2.68. The third-order valence-electron chi connectivity index (χ3n) is 3.21. The molecule has 6 heteroatoms. The van der Waals surface area contributed by atoms with Crippen LogP contribution in [0.5, 0.6) is 0 Å². The molecule has 114 valence electrons. The van der Waals surface area contributed by atoms with Gasteiger partial charge in [0.15, 0.2) is 0 Å². The molecule has 22 heavy (non-hydrogen) atoms. The Morgan fingerprint density at radius 3 is 2.73 bits per heavy atom. The number of pyridine rings is 1. The number of ketones is 1. The lowest BCUT2D eigenvalue weighted by molar-refractivity contribution is -0.161.